The average molecular weight is 388 g/mol. The summed E-state index contributed by atoms with van der Waals surface area (Å²) < 4.78 is 1.30. The Bertz CT molecular complexity index is 1190. The lowest BCUT2D eigenvalue weighted by atomic mass is 10.1. The van der Waals surface area contributed by atoms with Crippen molar-refractivity contribution in [3.05, 3.63) is 81.7 Å². The number of aromatic amines is 1. The number of nitrogens with zero attached hydrogens (tertiary/aromatic N) is 3. The number of carbonyl (C=O) groups excluding carboxylic acids is 1. The van der Waals surface area contributed by atoms with E-state index in [2.05, 4.69) is 17.1 Å². The van der Waals surface area contributed by atoms with E-state index >= 15 is 0 Å². The smallest absolute Gasteiger partial charge is 0.280 e. The van der Waals surface area contributed by atoms with Gasteiger partial charge in [-0.1, -0.05) is 37.3 Å². The number of rotatable bonds is 4. The molecule has 2 aromatic carbocycles. The van der Waals surface area contributed by atoms with Crippen molar-refractivity contribution in [1.82, 2.24) is 9.78 Å². The van der Waals surface area contributed by atoms with Crippen LogP contribution in [0.5, 0.6) is 5.88 Å². The van der Waals surface area contributed by atoms with Gasteiger partial charge in [-0.25, -0.2) is 4.68 Å². The molecule has 0 radical (unpaired) electrons. The van der Waals surface area contributed by atoms with E-state index in [1.807, 2.05) is 42.5 Å². The topological polar surface area (TPSA) is 90.7 Å². The minimum Gasteiger partial charge on any atom is -0.493 e. The second-order valence-electron chi connectivity index (χ2n) is 6.73. The van der Waals surface area contributed by atoms with E-state index in [4.69, 9.17) is 0 Å². The van der Waals surface area contributed by atoms with E-state index < -0.39 is 5.56 Å². The van der Waals surface area contributed by atoms with Gasteiger partial charge in [0.2, 0.25) is 5.88 Å². The summed E-state index contributed by atoms with van der Waals surface area (Å²) in [6.07, 6.45) is 2.28. The first kappa shape index (κ1) is 18.5. The molecule has 29 heavy (non-hydrogen) atoms. The monoisotopic (exact) mass is 388 g/mol. The van der Waals surface area contributed by atoms with Gasteiger partial charge in [0.1, 0.15) is 5.56 Å². The SMILES string of the molecule is CCc1ccc(-n2[nH]c(=O)c(/C=C3\C(=O)N(c4ccccc4)N=C3C)c2O)cc1. The summed E-state index contributed by atoms with van der Waals surface area (Å²) in [5, 5.41) is 18.8. The van der Waals surface area contributed by atoms with Gasteiger partial charge in [-0.05, 0) is 49.2 Å². The Morgan fingerprint density at radius 2 is 1.72 bits per heavy atom. The number of amides is 1. The quantitative estimate of drug-likeness (QED) is 0.672. The number of benzene rings is 2. The molecule has 0 bridgehead atoms. The summed E-state index contributed by atoms with van der Waals surface area (Å²) in [5.41, 5.74) is 2.65. The van der Waals surface area contributed by atoms with E-state index in [0.717, 1.165) is 12.0 Å². The van der Waals surface area contributed by atoms with Crippen LogP contribution < -0.4 is 10.6 Å². The number of carbonyl (C=O) groups is 1. The van der Waals surface area contributed by atoms with Crippen LogP contribution in [0, 0.1) is 0 Å². The van der Waals surface area contributed by atoms with Crippen LogP contribution in [0.3, 0.4) is 0 Å². The molecular formula is C22H20N4O3. The maximum atomic E-state index is 12.8. The zero-order chi connectivity index (χ0) is 20.5. The highest BCUT2D eigenvalue weighted by molar-refractivity contribution is 6.32. The predicted octanol–water partition coefficient (Wildman–Crippen LogP) is 3.24. The highest BCUT2D eigenvalue weighted by Gasteiger charge is 2.29. The molecule has 0 saturated carbocycles. The number of para-hydroxylation sites is 1. The van der Waals surface area contributed by atoms with Crippen molar-refractivity contribution < 1.29 is 9.90 Å². The first-order chi connectivity index (χ1) is 14.0. The first-order valence-electron chi connectivity index (χ1n) is 9.29. The molecule has 4 rings (SSSR count). The molecule has 0 saturated heterocycles. The van der Waals surface area contributed by atoms with Crippen molar-refractivity contribution in [2.45, 2.75) is 20.3 Å². The zero-order valence-electron chi connectivity index (χ0n) is 16.1. The summed E-state index contributed by atoms with van der Waals surface area (Å²) in [6.45, 7) is 3.74. The third kappa shape index (κ3) is 3.27. The van der Waals surface area contributed by atoms with Crippen LogP contribution in [0.15, 0.2) is 70.1 Å². The normalized spacial score (nSPS) is 15.2. The van der Waals surface area contributed by atoms with Crippen molar-refractivity contribution in [3.63, 3.8) is 0 Å². The Kier molecular flexibility index (Phi) is 4.64. The van der Waals surface area contributed by atoms with Gasteiger partial charge >= 0.3 is 0 Å². The second-order valence-corrected chi connectivity index (χ2v) is 6.73. The Morgan fingerprint density at radius 3 is 2.38 bits per heavy atom. The van der Waals surface area contributed by atoms with E-state index in [1.165, 1.54) is 15.8 Å². The van der Waals surface area contributed by atoms with Gasteiger partial charge in [0.15, 0.2) is 0 Å². The third-order valence-corrected chi connectivity index (χ3v) is 4.87. The fraction of sp³-hybridized carbons (Fsp3) is 0.136. The number of hydrazone groups is 1. The molecule has 2 N–H and O–H groups in total. The van der Waals surface area contributed by atoms with Crippen molar-refractivity contribution in [3.8, 4) is 11.6 Å². The highest BCUT2D eigenvalue weighted by Crippen LogP contribution is 2.27. The fourth-order valence-electron chi connectivity index (χ4n) is 3.21. The number of anilines is 1. The Labute approximate surface area is 167 Å². The lowest BCUT2D eigenvalue weighted by Gasteiger charge is -2.10. The van der Waals surface area contributed by atoms with Crippen LogP contribution in [0.2, 0.25) is 0 Å². The van der Waals surface area contributed by atoms with Gasteiger partial charge in [0, 0.05) is 0 Å². The third-order valence-electron chi connectivity index (χ3n) is 4.87. The Hall–Kier alpha value is -3.87. The number of hydrogen-bond acceptors (Lipinski definition) is 4. The average Bonchev–Trinajstić information content (AvgIpc) is 3.19. The Balaban J connectivity index is 1.72. The molecule has 1 amide bonds. The summed E-state index contributed by atoms with van der Waals surface area (Å²) in [4.78, 5) is 25.3. The highest BCUT2D eigenvalue weighted by atomic mass is 16.3. The number of hydrogen-bond donors (Lipinski definition) is 2. The lowest BCUT2D eigenvalue weighted by molar-refractivity contribution is -0.114. The maximum Gasteiger partial charge on any atom is 0.280 e. The van der Waals surface area contributed by atoms with E-state index in [0.29, 0.717) is 17.1 Å². The number of aromatic hydroxyl groups is 1. The molecule has 0 atom stereocenters. The minimum absolute atomic E-state index is 0.0115. The van der Waals surface area contributed by atoms with Crippen molar-refractivity contribution in [2.24, 2.45) is 5.10 Å². The molecular weight excluding hydrogens is 368 g/mol. The largest absolute Gasteiger partial charge is 0.493 e. The molecule has 2 heterocycles. The molecule has 1 aliphatic rings. The molecule has 3 aromatic rings. The van der Waals surface area contributed by atoms with Crippen LogP contribution in [0.4, 0.5) is 5.69 Å². The van der Waals surface area contributed by atoms with Crippen molar-refractivity contribution in [2.75, 3.05) is 5.01 Å². The van der Waals surface area contributed by atoms with Gasteiger partial charge in [0.25, 0.3) is 11.5 Å². The molecule has 7 nitrogen and oxygen atoms in total. The fourth-order valence-corrected chi connectivity index (χ4v) is 3.21. The van der Waals surface area contributed by atoms with Gasteiger partial charge in [0.05, 0.1) is 22.7 Å². The van der Waals surface area contributed by atoms with Gasteiger partial charge < -0.3 is 5.11 Å². The zero-order valence-corrected chi connectivity index (χ0v) is 16.1. The number of aryl methyl sites for hydroxylation is 1. The number of H-pyrrole nitrogens is 1. The van der Waals surface area contributed by atoms with Gasteiger partial charge in [-0.2, -0.15) is 10.1 Å². The van der Waals surface area contributed by atoms with Crippen molar-refractivity contribution in [1.29, 1.82) is 0 Å². The van der Waals surface area contributed by atoms with Crippen molar-refractivity contribution >= 4 is 23.4 Å². The van der Waals surface area contributed by atoms with E-state index in [-0.39, 0.29) is 22.9 Å². The predicted molar refractivity (Wildman–Crippen MR) is 112 cm³/mol. The lowest BCUT2D eigenvalue weighted by Crippen LogP contribution is -2.21. The molecule has 1 aromatic heterocycles. The van der Waals surface area contributed by atoms with Gasteiger partial charge in [-0.3, -0.25) is 14.7 Å². The summed E-state index contributed by atoms with van der Waals surface area (Å²) >= 11 is 0. The Morgan fingerprint density at radius 1 is 1.03 bits per heavy atom. The van der Waals surface area contributed by atoms with E-state index in [1.54, 1.807) is 19.1 Å². The van der Waals surface area contributed by atoms with Crippen LogP contribution in [-0.2, 0) is 11.2 Å². The molecule has 0 fully saturated rings. The maximum absolute atomic E-state index is 12.8. The minimum atomic E-state index is -0.492. The van der Waals surface area contributed by atoms with Gasteiger partial charge in [-0.15, -0.1) is 0 Å². The first-order valence-corrected chi connectivity index (χ1v) is 9.29. The van der Waals surface area contributed by atoms with Crippen LogP contribution in [-0.4, -0.2) is 26.5 Å². The van der Waals surface area contributed by atoms with Crippen LogP contribution in [0.1, 0.15) is 25.0 Å². The molecule has 0 aliphatic carbocycles. The van der Waals surface area contributed by atoms with Crippen LogP contribution in [0.25, 0.3) is 11.8 Å². The summed E-state index contributed by atoms with van der Waals surface area (Å²) in [6, 6.07) is 16.5. The molecule has 0 unspecified atom stereocenters. The van der Waals surface area contributed by atoms with E-state index in [9.17, 15) is 14.7 Å². The second kappa shape index (κ2) is 7.27. The number of aromatic nitrogens is 2. The summed E-state index contributed by atoms with van der Waals surface area (Å²) in [5.74, 6) is -0.613. The van der Waals surface area contributed by atoms with Crippen LogP contribution >= 0.6 is 0 Å². The molecule has 7 heteroatoms. The molecule has 1 aliphatic heterocycles. The molecule has 0 spiro atoms. The molecule has 146 valence electrons. The standard InChI is InChI=1S/C22H20N4O3/c1-3-15-9-11-17(12-10-15)26-22(29)19(20(27)24-26)13-18-14(2)23-25(21(18)28)16-7-5-4-6-8-16/h4-13,29H,3H2,1-2H3,(H,24,27)/b18-13-. The summed E-state index contributed by atoms with van der Waals surface area (Å²) in [7, 11) is 0. The number of nitrogens with one attached hydrogen (secondary N) is 1.